The molecule has 114 valence electrons. The summed E-state index contributed by atoms with van der Waals surface area (Å²) in [5.74, 6) is -1.80. The van der Waals surface area contributed by atoms with Crippen LogP contribution in [-0.4, -0.2) is 35.7 Å². The SMILES string of the molecule is CC(C(=O)NC1(C(=O)O)CCOCC1)c1cccc(Cl)c1. The third kappa shape index (κ3) is 3.54. The fraction of sp³-hybridized carbons (Fsp3) is 0.467. The monoisotopic (exact) mass is 311 g/mol. The third-order valence-corrected chi connectivity index (χ3v) is 4.10. The first kappa shape index (κ1) is 15.8. The summed E-state index contributed by atoms with van der Waals surface area (Å²) in [6, 6.07) is 7.01. The van der Waals surface area contributed by atoms with Crippen molar-refractivity contribution in [2.75, 3.05) is 13.2 Å². The molecule has 1 aromatic rings. The fourth-order valence-electron chi connectivity index (χ4n) is 2.38. The highest BCUT2D eigenvalue weighted by Gasteiger charge is 2.42. The van der Waals surface area contributed by atoms with Gasteiger partial charge in [0.05, 0.1) is 5.92 Å². The van der Waals surface area contributed by atoms with Crippen molar-refractivity contribution in [3.63, 3.8) is 0 Å². The van der Waals surface area contributed by atoms with E-state index < -0.39 is 17.4 Å². The molecule has 1 aliphatic rings. The van der Waals surface area contributed by atoms with E-state index in [-0.39, 0.29) is 18.7 Å². The van der Waals surface area contributed by atoms with Gasteiger partial charge in [-0.1, -0.05) is 23.7 Å². The van der Waals surface area contributed by atoms with Gasteiger partial charge in [-0.25, -0.2) is 4.79 Å². The summed E-state index contributed by atoms with van der Waals surface area (Å²) in [5.41, 5.74) is -0.477. The van der Waals surface area contributed by atoms with Crippen LogP contribution in [-0.2, 0) is 14.3 Å². The van der Waals surface area contributed by atoms with E-state index in [1.165, 1.54) is 0 Å². The quantitative estimate of drug-likeness (QED) is 0.894. The molecular weight excluding hydrogens is 294 g/mol. The highest BCUT2D eigenvalue weighted by molar-refractivity contribution is 6.30. The number of benzene rings is 1. The molecule has 0 radical (unpaired) electrons. The van der Waals surface area contributed by atoms with E-state index in [0.717, 1.165) is 5.56 Å². The maximum absolute atomic E-state index is 12.4. The second-order valence-electron chi connectivity index (χ2n) is 5.27. The van der Waals surface area contributed by atoms with E-state index in [4.69, 9.17) is 16.3 Å². The molecule has 1 fully saturated rings. The molecule has 1 atom stereocenters. The predicted molar refractivity (Wildman–Crippen MR) is 78.4 cm³/mol. The van der Waals surface area contributed by atoms with Crippen molar-refractivity contribution in [1.29, 1.82) is 0 Å². The molecule has 0 aliphatic carbocycles. The molecule has 0 aromatic heterocycles. The maximum atomic E-state index is 12.4. The van der Waals surface area contributed by atoms with Crippen LogP contribution >= 0.6 is 11.6 Å². The molecule has 1 aliphatic heterocycles. The number of carboxylic acid groups (broad SMARTS) is 1. The zero-order chi connectivity index (χ0) is 15.5. The van der Waals surface area contributed by atoms with Crippen LogP contribution in [0.4, 0.5) is 0 Å². The van der Waals surface area contributed by atoms with Crippen molar-refractivity contribution in [2.45, 2.75) is 31.2 Å². The number of carbonyl (C=O) groups is 2. The molecule has 0 spiro atoms. The van der Waals surface area contributed by atoms with E-state index >= 15 is 0 Å². The molecule has 5 nitrogen and oxygen atoms in total. The highest BCUT2D eigenvalue weighted by atomic mass is 35.5. The molecular formula is C15H18ClNO4. The van der Waals surface area contributed by atoms with Gasteiger partial charge in [0.15, 0.2) is 0 Å². The fourth-order valence-corrected chi connectivity index (χ4v) is 2.58. The summed E-state index contributed by atoms with van der Waals surface area (Å²) < 4.78 is 5.19. The Balaban J connectivity index is 2.13. The summed E-state index contributed by atoms with van der Waals surface area (Å²) in [6.45, 7) is 2.39. The number of amides is 1. The second-order valence-corrected chi connectivity index (χ2v) is 5.70. The first-order valence-electron chi connectivity index (χ1n) is 6.83. The number of hydrogen-bond donors (Lipinski definition) is 2. The van der Waals surface area contributed by atoms with Crippen LogP contribution in [0, 0.1) is 0 Å². The number of nitrogens with one attached hydrogen (secondary N) is 1. The van der Waals surface area contributed by atoms with Gasteiger partial charge in [-0.15, -0.1) is 0 Å². The average Bonchev–Trinajstić information content (AvgIpc) is 2.47. The van der Waals surface area contributed by atoms with Crippen LogP contribution in [0.1, 0.15) is 31.2 Å². The number of ether oxygens (including phenoxy) is 1. The van der Waals surface area contributed by atoms with Crippen molar-refractivity contribution in [1.82, 2.24) is 5.32 Å². The second kappa shape index (κ2) is 6.45. The van der Waals surface area contributed by atoms with Crippen LogP contribution < -0.4 is 5.32 Å². The van der Waals surface area contributed by atoms with E-state index in [2.05, 4.69) is 5.32 Å². The lowest BCUT2D eigenvalue weighted by molar-refractivity contribution is -0.152. The molecule has 0 bridgehead atoms. The lowest BCUT2D eigenvalue weighted by Gasteiger charge is -2.34. The van der Waals surface area contributed by atoms with Crippen LogP contribution in [0.3, 0.4) is 0 Å². The van der Waals surface area contributed by atoms with E-state index in [1.54, 1.807) is 31.2 Å². The van der Waals surface area contributed by atoms with Gasteiger partial charge >= 0.3 is 5.97 Å². The number of carboxylic acids is 1. The van der Waals surface area contributed by atoms with Crippen molar-refractivity contribution < 1.29 is 19.4 Å². The molecule has 0 saturated carbocycles. The topological polar surface area (TPSA) is 75.6 Å². The summed E-state index contributed by atoms with van der Waals surface area (Å²) in [7, 11) is 0. The van der Waals surface area contributed by atoms with Crippen molar-refractivity contribution in [2.24, 2.45) is 0 Å². The molecule has 21 heavy (non-hydrogen) atoms. The Morgan fingerprint density at radius 3 is 2.62 bits per heavy atom. The number of halogens is 1. The van der Waals surface area contributed by atoms with Gasteiger partial charge in [-0.05, 0) is 24.6 Å². The number of carbonyl (C=O) groups excluding carboxylic acids is 1. The smallest absolute Gasteiger partial charge is 0.329 e. The van der Waals surface area contributed by atoms with Gasteiger partial charge in [0, 0.05) is 31.1 Å². The summed E-state index contributed by atoms with van der Waals surface area (Å²) in [5, 5.41) is 12.7. The van der Waals surface area contributed by atoms with Crippen molar-refractivity contribution in [3.05, 3.63) is 34.9 Å². The minimum atomic E-state index is -1.23. The molecule has 1 unspecified atom stereocenters. The lowest BCUT2D eigenvalue weighted by atomic mass is 9.88. The van der Waals surface area contributed by atoms with E-state index in [9.17, 15) is 14.7 Å². The largest absolute Gasteiger partial charge is 0.480 e. The summed E-state index contributed by atoms with van der Waals surface area (Å²) >= 11 is 5.92. The number of hydrogen-bond acceptors (Lipinski definition) is 3. The first-order valence-corrected chi connectivity index (χ1v) is 7.21. The normalized spacial score (nSPS) is 18.8. The third-order valence-electron chi connectivity index (χ3n) is 3.86. The Labute approximate surface area is 128 Å². The van der Waals surface area contributed by atoms with E-state index in [0.29, 0.717) is 18.2 Å². The summed E-state index contributed by atoms with van der Waals surface area (Å²) in [6.07, 6.45) is 0.548. The highest BCUT2D eigenvalue weighted by Crippen LogP contribution is 2.24. The molecule has 1 saturated heterocycles. The van der Waals surface area contributed by atoms with Crippen LogP contribution in [0.25, 0.3) is 0 Å². The predicted octanol–water partition coefficient (Wildman–Crippen LogP) is 2.19. The zero-order valence-corrected chi connectivity index (χ0v) is 12.5. The Bertz CT molecular complexity index is 540. The molecule has 2 rings (SSSR count). The average molecular weight is 312 g/mol. The summed E-state index contributed by atoms with van der Waals surface area (Å²) in [4.78, 5) is 23.9. The molecule has 6 heteroatoms. The lowest BCUT2D eigenvalue weighted by Crippen LogP contribution is -2.58. The van der Waals surface area contributed by atoms with Crippen LogP contribution in [0.15, 0.2) is 24.3 Å². The van der Waals surface area contributed by atoms with Gasteiger partial charge in [0.25, 0.3) is 0 Å². The Morgan fingerprint density at radius 1 is 1.38 bits per heavy atom. The van der Waals surface area contributed by atoms with Crippen LogP contribution in [0.2, 0.25) is 5.02 Å². The van der Waals surface area contributed by atoms with Crippen LogP contribution in [0.5, 0.6) is 0 Å². The maximum Gasteiger partial charge on any atom is 0.329 e. The zero-order valence-electron chi connectivity index (χ0n) is 11.8. The Morgan fingerprint density at radius 2 is 2.05 bits per heavy atom. The van der Waals surface area contributed by atoms with Crippen molar-refractivity contribution >= 4 is 23.5 Å². The van der Waals surface area contributed by atoms with Gasteiger partial charge in [-0.3, -0.25) is 4.79 Å². The van der Waals surface area contributed by atoms with Gasteiger partial charge in [0.1, 0.15) is 5.54 Å². The van der Waals surface area contributed by atoms with Gasteiger partial charge < -0.3 is 15.2 Å². The van der Waals surface area contributed by atoms with Crippen molar-refractivity contribution in [3.8, 4) is 0 Å². The van der Waals surface area contributed by atoms with Gasteiger partial charge in [-0.2, -0.15) is 0 Å². The molecule has 1 heterocycles. The standard InChI is InChI=1S/C15H18ClNO4/c1-10(11-3-2-4-12(16)9-11)13(18)17-15(14(19)20)5-7-21-8-6-15/h2-4,9-10H,5-8H2,1H3,(H,17,18)(H,19,20). The van der Waals surface area contributed by atoms with Gasteiger partial charge in [0.2, 0.25) is 5.91 Å². The first-order chi connectivity index (χ1) is 9.94. The Hall–Kier alpha value is -1.59. The number of rotatable bonds is 4. The molecule has 1 aromatic carbocycles. The minimum absolute atomic E-state index is 0.274. The molecule has 1 amide bonds. The molecule has 2 N–H and O–H groups in total. The number of aliphatic carboxylic acids is 1. The van der Waals surface area contributed by atoms with E-state index in [1.807, 2.05) is 0 Å². The Kier molecular flexibility index (Phi) is 4.85. The minimum Gasteiger partial charge on any atom is -0.480 e.